The van der Waals surface area contributed by atoms with Crippen LogP contribution in [0.15, 0.2) is 42.5 Å². The minimum atomic E-state index is -1.26. The number of methoxy groups -OCH3 is 1. The molecule has 35 heavy (non-hydrogen) atoms. The molecule has 1 saturated carbocycles. The number of anilines is 1. The van der Waals surface area contributed by atoms with Gasteiger partial charge < -0.3 is 24.7 Å². The van der Waals surface area contributed by atoms with Gasteiger partial charge in [-0.3, -0.25) is 4.79 Å². The number of rotatable bonds is 6. The van der Waals surface area contributed by atoms with Crippen LogP contribution >= 0.6 is 0 Å². The highest BCUT2D eigenvalue weighted by Crippen LogP contribution is 2.46. The normalized spacial score (nSPS) is 26.3. The molecule has 1 atom stereocenters. The Balaban J connectivity index is 0.000000371. The number of hydrogen-bond acceptors (Lipinski definition) is 5. The predicted molar refractivity (Wildman–Crippen MR) is 133 cm³/mol. The second kappa shape index (κ2) is 11.8. The van der Waals surface area contributed by atoms with Gasteiger partial charge in [-0.15, -0.1) is 0 Å². The number of benzene rings is 1. The molecule has 0 aromatic heterocycles. The fourth-order valence-electron chi connectivity index (χ4n) is 5.94. The Morgan fingerprint density at radius 2 is 1.54 bits per heavy atom. The van der Waals surface area contributed by atoms with Crippen LogP contribution in [-0.2, 0) is 19.1 Å². The van der Waals surface area contributed by atoms with Crippen molar-refractivity contribution >= 4 is 23.5 Å². The first-order chi connectivity index (χ1) is 16.7. The van der Waals surface area contributed by atoms with Crippen molar-refractivity contribution in [2.45, 2.75) is 70.1 Å². The molecule has 4 rings (SSSR count). The van der Waals surface area contributed by atoms with Gasteiger partial charge in [-0.25, -0.2) is 9.59 Å². The zero-order valence-corrected chi connectivity index (χ0v) is 20.9. The summed E-state index contributed by atoms with van der Waals surface area (Å²) in [4.78, 5) is 36.6. The van der Waals surface area contributed by atoms with Gasteiger partial charge in [0.05, 0.1) is 5.54 Å². The van der Waals surface area contributed by atoms with Gasteiger partial charge in [0.2, 0.25) is 0 Å². The summed E-state index contributed by atoms with van der Waals surface area (Å²) < 4.78 is 5.65. The average Bonchev–Trinajstić information content (AvgIpc) is 2.84. The van der Waals surface area contributed by atoms with E-state index in [0.29, 0.717) is 12.2 Å². The third kappa shape index (κ3) is 6.11. The van der Waals surface area contributed by atoms with E-state index in [1.165, 1.54) is 25.7 Å². The van der Waals surface area contributed by atoms with Crippen LogP contribution < -0.4 is 4.90 Å². The lowest BCUT2D eigenvalue weighted by Crippen LogP contribution is -2.78. The zero-order valence-electron chi connectivity index (χ0n) is 20.9. The molecule has 8 heteroatoms. The van der Waals surface area contributed by atoms with Crippen LogP contribution in [-0.4, -0.2) is 70.8 Å². The number of carboxylic acid groups (broad SMARTS) is 2. The van der Waals surface area contributed by atoms with E-state index in [1.807, 2.05) is 35.2 Å². The molecular formula is C27H38N2O6. The van der Waals surface area contributed by atoms with Crippen molar-refractivity contribution in [2.75, 3.05) is 25.1 Å². The number of carboxylic acids is 2. The summed E-state index contributed by atoms with van der Waals surface area (Å²) in [5, 5.41) is 15.6. The molecule has 1 aromatic carbocycles. The third-order valence-corrected chi connectivity index (χ3v) is 7.86. The maximum atomic E-state index is 12.7. The molecule has 2 heterocycles. The van der Waals surface area contributed by atoms with Crippen molar-refractivity contribution in [2.24, 2.45) is 11.8 Å². The lowest BCUT2D eigenvalue weighted by molar-refractivity contribution is -0.151. The lowest BCUT2D eigenvalue weighted by atomic mass is 9.71. The maximum Gasteiger partial charge on any atom is 0.328 e. The summed E-state index contributed by atoms with van der Waals surface area (Å²) in [6.07, 6.45) is 8.28. The molecule has 1 spiro atoms. The van der Waals surface area contributed by atoms with E-state index in [2.05, 4.69) is 18.7 Å². The minimum absolute atomic E-state index is 0.120. The van der Waals surface area contributed by atoms with Gasteiger partial charge in [0, 0.05) is 44.1 Å². The summed E-state index contributed by atoms with van der Waals surface area (Å²) in [6, 6.07) is 10.9. The van der Waals surface area contributed by atoms with E-state index >= 15 is 0 Å². The smallest absolute Gasteiger partial charge is 0.328 e. The highest BCUT2D eigenvalue weighted by Gasteiger charge is 2.62. The first-order valence-corrected chi connectivity index (χ1v) is 12.5. The standard InChI is InChI=1S/C23H34N2O2.C4H4O4/c1-17(2)18-9-11-19(12-10-18)24-15-13-23(14-16-24)21(27-3)22(26)25(23)20-7-5-4-6-8-20;5-3(6)1-2-4(7)8/h4-8,17-19,21H,9-16H2,1-3H3;1-2H,(H,5,6)(H,7,8)/b;2-1+. The summed E-state index contributed by atoms with van der Waals surface area (Å²) in [7, 11) is 1.69. The number of β-lactam (4-membered cyclic amide) rings is 1. The number of aliphatic carboxylic acids is 2. The van der Waals surface area contributed by atoms with Crippen molar-refractivity contribution in [1.82, 2.24) is 4.90 Å². The molecule has 1 amide bonds. The fraction of sp³-hybridized carbons (Fsp3) is 0.593. The molecule has 0 radical (unpaired) electrons. The Kier molecular flexibility index (Phi) is 9.08. The van der Waals surface area contributed by atoms with Crippen LogP contribution in [0.25, 0.3) is 0 Å². The van der Waals surface area contributed by atoms with E-state index in [9.17, 15) is 14.4 Å². The van der Waals surface area contributed by atoms with Crippen LogP contribution in [0, 0.1) is 11.8 Å². The number of piperidine rings is 1. The monoisotopic (exact) mass is 486 g/mol. The van der Waals surface area contributed by atoms with Crippen LogP contribution in [0.5, 0.6) is 0 Å². The van der Waals surface area contributed by atoms with E-state index in [4.69, 9.17) is 14.9 Å². The second-order valence-corrected chi connectivity index (χ2v) is 10.1. The molecule has 8 nitrogen and oxygen atoms in total. The summed E-state index contributed by atoms with van der Waals surface area (Å²) in [5.74, 6) is -0.666. The number of ether oxygens (including phenoxy) is 1. The highest BCUT2D eigenvalue weighted by molar-refractivity contribution is 6.06. The highest BCUT2D eigenvalue weighted by atomic mass is 16.5. The molecule has 192 valence electrons. The molecule has 3 aliphatic rings. The molecule has 1 unspecified atom stereocenters. The Morgan fingerprint density at radius 1 is 1.00 bits per heavy atom. The summed E-state index contributed by atoms with van der Waals surface area (Å²) >= 11 is 0. The first kappa shape index (κ1) is 26.9. The van der Waals surface area contributed by atoms with E-state index < -0.39 is 11.9 Å². The number of nitrogens with zero attached hydrogens (tertiary/aromatic N) is 2. The largest absolute Gasteiger partial charge is 0.478 e. The number of hydrogen-bond donors (Lipinski definition) is 2. The Morgan fingerprint density at radius 3 is 2.00 bits per heavy atom. The number of carbonyl (C=O) groups excluding carboxylic acids is 1. The summed E-state index contributed by atoms with van der Waals surface area (Å²) in [6.45, 7) is 6.89. The van der Waals surface area contributed by atoms with Crippen molar-refractivity contribution in [1.29, 1.82) is 0 Å². The van der Waals surface area contributed by atoms with Gasteiger partial charge in [-0.2, -0.15) is 0 Å². The van der Waals surface area contributed by atoms with E-state index in [-0.39, 0.29) is 17.6 Å². The molecule has 2 saturated heterocycles. The molecule has 3 fully saturated rings. The van der Waals surface area contributed by atoms with Crippen molar-refractivity contribution < 1.29 is 29.3 Å². The molecule has 2 aliphatic heterocycles. The SMILES string of the molecule is COC1C(=O)N(c2ccccc2)C12CCN(C1CCC(C(C)C)CC1)CC2.O=C(O)/C=C/C(=O)O. The fourth-order valence-corrected chi connectivity index (χ4v) is 5.94. The number of amides is 1. The minimum Gasteiger partial charge on any atom is -0.478 e. The molecular weight excluding hydrogens is 448 g/mol. The number of carbonyl (C=O) groups is 3. The predicted octanol–water partition coefficient (Wildman–Crippen LogP) is 3.81. The van der Waals surface area contributed by atoms with Gasteiger partial charge in [0.15, 0.2) is 6.10 Å². The molecule has 0 bridgehead atoms. The number of likely N-dealkylation sites (tertiary alicyclic amines) is 1. The Hall–Kier alpha value is -2.71. The number of para-hydroxylation sites is 1. The zero-order chi connectivity index (χ0) is 25.6. The first-order valence-electron chi connectivity index (χ1n) is 12.5. The van der Waals surface area contributed by atoms with Crippen LogP contribution in [0.4, 0.5) is 5.69 Å². The van der Waals surface area contributed by atoms with Gasteiger partial charge in [-0.1, -0.05) is 32.0 Å². The van der Waals surface area contributed by atoms with E-state index in [0.717, 1.165) is 49.5 Å². The molecule has 1 aliphatic carbocycles. The van der Waals surface area contributed by atoms with Gasteiger partial charge in [-0.05, 0) is 62.5 Å². The third-order valence-electron chi connectivity index (χ3n) is 7.86. The van der Waals surface area contributed by atoms with Gasteiger partial charge in [0.1, 0.15) is 0 Å². The second-order valence-electron chi connectivity index (χ2n) is 10.1. The quantitative estimate of drug-likeness (QED) is 0.465. The van der Waals surface area contributed by atoms with Gasteiger partial charge >= 0.3 is 11.9 Å². The Bertz CT molecular complexity index is 884. The molecule has 1 aromatic rings. The van der Waals surface area contributed by atoms with E-state index in [1.54, 1.807) is 7.11 Å². The molecule has 2 N–H and O–H groups in total. The Labute approximate surface area is 207 Å². The van der Waals surface area contributed by atoms with Crippen molar-refractivity contribution in [3.8, 4) is 0 Å². The average molecular weight is 487 g/mol. The van der Waals surface area contributed by atoms with Crippen LogP contribution in [0.2, 0.25) is 0 Å². The maximum absolute atomic E-state index is 12.7. The van der Waals surface area contributed by atoms with Crippen molar-refractivity contribution in [3.05, 3.63) is 42.5 Å². The van der Waals surface area contributed by atoms with Crippen LogP contribution in [0.3, 0.4) is 0 Å². The summed E-state index contributed by atoms with van der Waals surface area (Å²) in [5.41, 5.74) is 0.862. The van der Waals surface area contributed by atoms with Gasteiger partial charge in [0.25, 0.3) is 5.91 Å². The lowest BCUT2D eigenvalue weighted by Gasteiger charge is -2.60. The van der Waals surface area contributed by atoms with Crippen molar-refractivity contribution in [3.63, 3.8) is 0 Å². The van der Waals surface area contributed by atoms with Crippen LogP contribution in [0.1, 0.15) is 52.4 Å². The topological polar surface area (TPSA) is 107 Å².